The molecule has 2 heterocycles. The molecule has 1 atom stereocenters. The predicted octanol–water partition coefficient (Wildman–Crippen LogP) is 2.58. The van der Waals surface area contributed by atoms with Gasteiger partial charge in [0.2, 0.25) is 0 Å². The molecule has 1 aliphatic heterocycles. The lowest BCUT2D eigenvalue weighted by molar-refractivity contribution is 0.0786. The Balaban J connectivity index is 1.64. The van der Waals surface area contributed by atoms with E-state index in [4.69, 9.17) is 4.74 Å². The maximum Gasteiger partial charge on any atom is 0.251 e. The van der Waals surface area contributed by atoms with E-state index in [0.29, 0.717) is 31.9 Å². The van der Waals surface area contributed by atoms with Crippen LogP contribution in [0.5, 0.6) is 0 Å². The van der Waals surface area contributed by atoms with Crippen LogP contribution in [0.25, 0.3) is 0 Å². The number of fused-ring (bicyclic) bond motifs is 1. The van der Waals surface area contributed by atoms with E-state index in [1.165, 1.54) is 5.56 Å². The van der Waals surface area contributed by atoms with Crippen LogP contribution in [0.1, 0.15) is 46.6 Å². The van der Waals surface area contributed by atoms with Gasteiger partial charge in [0.15, 0.2) is 0 Å². The Morgan fingerprint density at radius 2 is 2.25 bits per heavy atom. The lowest BCUT2D eigenvalue weighted by Gasteiger charge is -2.25. The van der Waals surface area contributed by atoms with Crippen LogP contribution in [0.4, 0.5) is 0 Å². The van der Waals surface area contributed by atoms with Gasteiger partial charge in [0.25, 0.3) is 5.91 Å². The highest BCUT2D eigenvalue weighted by molar-refractivity contribution is 5.94. The Bertz CT molecular complexity index is 703. The molecule has 0 saturated heterocycles. The third-order valence-electron chi connectivity index (χ3n) is 4.10. The van der Waals surface area contributed by atoms with Crippen molar-refractivity contribution >= 4 is 5.91 Å². The van der Waals surface area contributed by atoms with Crippen LogP contribution in [0.2, 0.25) is 0 Å². The Hall–Kier alpha value is -2.24. The van der Waals surface area contributed by atoms with Crippen molar-refractivity contribution in [1.82, 2.24) is 15.6 Å². The molecule has 24 heavy (non-hydrogen) atoms. The maximum absolute atomic E-state index is 12.1. The summed E-state index contributed by atoms with van der Waals surface area (Å²) >= 11 is 0. The van der Waals surface area contributed by atoms with Crippen molar-refractivity contribution in [1.29, 1.82) is 0 Å². The zero-order valence-electron chi connectivity index (χ0n) is 13.9. The van der Waals surface area contributed by atoms with Crippen LogP contribution in [0.3, 0.4) is 0 Å². The summed E-state index contributed by atoms with van der Waals surface area (Å²) in [7, 11) is 0. The number of benzene rings is 1. The fraction of sp³-hybridized carbons (Fsp3) is 0.368. The van der Waals surface area contributed by atoms with Gasteiger partial charge in [-0.3, -0.25) is 9.78 Å². The predicted molar refractivity (Wildman–Crippen MR) is 92.5 cm³/mol. The number of hydrogen-bond donors (Lipinski definition) is 2. The molecule has 0 radical (unpaired) electrons. The van der Waals surface area contributed by atoms with Crippen molar-refractivity contribution in [2.75, 3.05) is 13.2 Å². The number of amides is 1. The van der Waals surface area contributed by atoms with E-state index in [9.17, 15) is 4.79 Å². The first-order chi connectivity index (χ1) is 11.8. The normalized spacial score (nSPS) is 16.5. The zero-order valence-corrected chi connectivity index (χ0v) is 13.9. The number of carbonyl (C=O) groups excluding carboxylic acids is 1. The second-order valence-electron chi connectivity index (χ2n) is 5.94. The molecule has 0 saturated carbocycles. The van der Waals surface area contributed by atoms with Gasteiger partial charge in [0.1, 0.15) is 0 Å². The molecular formula is C19H23N3O2. The van der Waals surface area contributed by atoms with Crippen LogP contribution >= 0.6 is 0 Å². The molecule has 1 aromatic heterocycles. The summed E-state index contributed by atoms with van der Waals surface area (Å²) in [6, 6.07) is 11.9. The molecule has 0 spiro atoms. The summed E-state index contributed by atoms with van der Waals surface area (Å²) in [4.78, 5) is 16.4. The van der Waals surface area contributed by atoms with E-state index in [0.717, 1.165) is 17.7 Å². The summed E-state index contributed by atoms with van der Waals surface area (Å²) in [6.45, 7) is 4.62. The van der Waals surface area contributed by atoms with Gasteiger partial charge in [0.05, 0.1) is 24.9 Å². The number of ether oxygens (including phenoxy) is 1. The van der Waals surface area contributed by atoms with Gasteiger partial charge in [-0.1, -0.05) is 25.1 Å². The zero-order chi connectivity index (χ0) is 16.8. The smallest absolute Gasteiger partial charge is 0.251 e. The van der Waals surface area contributed by atoms with Gasteiger partial charge in [-0.05, 0) is 35.7 Å². The molecule has 0 aliphatic carbocycles. The standard InChI is InChI=1S/C19H23N3O2/c1-2-8-21-19(23)15-6-3-5-14(10-15)11-22-18-13-24-12-17-16(18)7-4-9-20-17/h3-7,9-10,18,22H,2,8,11-13H2,1H3,(H,21,23). The van der Waals surface area contributed by atoms with E-state index < -0.39 is 0 Å². The lowest BCUT2D eigenvalue weighted by Crippen LogP contribution is -2.30. The summed E-state index contributed by atoms with van der Waals surface area (Å²) in [5.74, 6) is -0.0192. The van der Waals surface area contributed by atoms with Gasteiger partial charge in [-0.25, -0.2) is 0 Å². The molecule has 1 unspecified atom stereocenters. The highest BCUT2D eigenvalue weighted by Gasteiger charge is 2.20. The molecule has 0 fully saturated rings. The van der Waals surface area contributed by atoms with E-state index in [-0.39, 0.29) is 11.9 Å². The minimum absolute atomic E-state index is 0.0192. The first kappa shape index (κ1) is 16.6. The second kappa shape index (κ2) is 8.04. The SMILES string of the molecule is CCCNC(=O)c1cccc(CNC2COCc3ncccc32)c1. The Morgan fingerprint density at radius 3 is 3.12 bits per heavy atom. The minimum Gasteiger partial charge on any atom is -0.373 e. The first-order valence-corrected chi connectivity index (χ1v) is 8.40. The van der Waals surface area contributed by atoms with E-state index in [1.807, 2.05) is 37.3 Å². The number of nitrogens with one attached hydrogen (secondary N) is 2. The van der Waals surface area contributed by atoms with Gasteiger partial charge in [-0.15, -0.1) is 0 Å². The lowest BCUT2D eigenvalue weighted by atomic mass is 10.0. The first-order valence-electron chi connectivity index (χ1n) is 8.40. The van der Waals surface area contributed by atoms with Crippen LogP contribution < -0.4 is 10.6 Å². The number of hydrogen-bond acceptors (Lipinski definition) is 4. The highest BCUT2D eigenvalue weighted by Crippen LogP contribution is 2.23. The summed E-state index contributed by atoms with van der Waals surface area (Å²) in [6.07, 6.45) is 2.73. The summed E-state index contributed by atoms with van der Waals surface area (Å²) < 4.78 is 5.61. The van der Waals surface area contributed by atoms with Crippen molar-refractivity contribution < 1.29 is 9.53 Å². The third-order valence-corrected chi connectivity index (χ3v) is 4.10. The topological polar surface area (TPSA) is 63.2 Å². The van der Waals surface area contributed by atoms with E-state index in [1.54, 1.807) is 6.20 Å². The molecular weight excluding hydrogens is 302 g/mol. The molecule has 2 N–H and O–H groups in total. The van der Waals surface area contributed by atoms with Gasteiger partial charge in [0, 0.05) is 24.8 Å². The van der Waals surface area contributed by atoms with Crippen molar-refractivity contribution in [3.05, 3.63) is 65.0 Å². The van der Waals surface area contributed by atoms with Crippen LogP contribution in [-0.2, 0) is 17.9 Å². The molecule has 1 amide bonds. The van der Waals surface area contributed by atoms with Crippen molar-refractivity contribution in [3.63, 3.8) is 0 Å². The van der Waals surface area contributed by atoms with E-state index >= 15 is 0 Å². The van der Waals surface area contributed by atoms with Crippen molar-refractivity contribution in [3.8, 4) is 0 Å². The maximum atomic E-state index is 12.1. The Morgan fingerprint density at radius 1 is 1.33 bits per heavy atom. The molecule has 0 bridgehead atoms. The average molecular weight is 325 g/mol. The molecule has 5 heteroatoms. The Kier molecular flexibility index (Phi) is 5.56. The van der Waals surface area contributed by atoms with Crippen LogP contribution in [0, 0.1) is 0 Å². The largest absolute Gasteiger partial charge is 0.373 e. The quantitative estimate of drug-likeness (QED) is 0.857. The fourth-order valence-corrected chi connectivity index (χ4v) is 2.82. The van der Waals surface area contributed by atoms with Gasteiger partial charge in [-0.2, -0.15) is 0 Å². The number of nitrogens with zero attached hydrogens (tertiary/aromatic N) is 1. The second-order valence-corrected chi connectivity index (χ2v) is 5.94. The van der Waals surface area contributed by atoms with Crippen molar-refractivity contribution in [2.45, 2.75) is 32.5 Å². The number of pyridine rings is 1. The molecule has 1 aromatic carbocycles. The van der Waals surface area contributed by atoms with Crippen molar-refractivity contribution in [2.24, 2.45) is 0 Å². The molecule has 3 rings (SSSR count). The van der Waals surface area contributed by atoms with E-state index in [2.05, 4.69) is 21.7 Å². The van der Waals surface area contributed by atoms with Crippen LogP contribution in [0.15, 0.2) is 42.6 Å². The van der Waals surface area contributed by atoms with Crippen LogP contribution in [-0.4, -0.2) is 24.0 Å². The average Bonchev–Trinajstić information content (AvgIpc) is 2.64. The molecule has 2 aromatic rings. The molecule has 126 valence electrons. The van der Waals surface area contributed by atoms with Gasteiger partial charge < -0.3 is 15.4 Å². The third kappa shape index (κ3) is 3.99. The highest BCUT2D eigenvalue weighted by atomic mass is 16.5. The molecule has 1 aliphatic rings. The number of rotatable bonds is 6. The number of carbonyl (C=O) groups is 1. The minimum atomic E-state index is -0.0192. The monoisotopic (exact) mass is 325 g/mol. The molecule has 5 nitrogen and oxygen atoms in total. The number of aromatic nitrogens is 1. The van der Waals surface area contributed by atoms with Gasteiger partial charge >= 0.3 is 0 Å². The summed E-state index contributed by atoms with van der Waals surface area (Å²) in [5, 5.41) is 6.41. The Labute approximate surface area is 142 Å². The fourth-order valence-electron chi connectivity index (χ4n) is 2.82. The summed E-state index contributed by atoms with van der Waals surface area (Å²) in [5.41, 5.74) is 3.97.